The molecular weight excluding hydrogens is 248 g/mol. The van der Waals surface area contributed by atoms with E-state index in [0.717, 1.165) is 38.6 Å². The number of carbonyl (C=O) groups is 1. The van der Waals surface area contributed by atoms with E-state index in [9.17, 15) is 4.79 Å². The molecule has 1 aromatic rings. The molecule has 1 aromatic carbocycles. The van der Waals surface area contributed by atoms with E-state index in [4.69, 9.17) is 5.73 Å². The highest BCUT2D eigenvalue weighted by atomic mass is 16.1. The summed E-state index contributed by atoms with van der Waals surface area (Å²) in [7, 11) is 0. The Morgan fingerprint density at radius 2 is 1.80 bits per heavy atom. The number of hydrogen-bond donors (Lipinski definition) is 2. The van der Waals surface area contributed by atoms with Crippen LogP contribution in [0.5, 0.6) is 0 Å². The largest absolute Gasteiger partial charge is 0.369 e. The minimum absolute atomic E-state index is 0.117. The van der Waals surface area contributed by atoms with Gasteiger partial charge in [0, 0.05) is 12.0 Å². The molecule has 0 bridgehead atoms. The van der Waals surface area contributed by atoms with E-state index in [1.165, 1.54) is 18.4 Å². The molecule has 1 fully saturated rings. The van der Waals surface area contributed by atoms with E-state index in [2.05, 4.69) is 35.6 Å². The molecule has 3 nitrogen and oxygen atoms in total. The summed E-state index contributed by atoms with van der Waals surface area (Å²) in [6, 6.07) is 11.2. The highest BCUT2D eigenvalue weighted by Gasteiger charge is 2.23. The average molecular weight is 274 g/mol. The van der Waals surface area contributed by atoms with E-state index >= 15 is 0 Å². The third kappa shape index (κ3) is 4.97. The summed E-state index contributed by atoms with van der Waals surface area (Å²) in [5.41, 5.74) is 6.77. The molecule has 0 radical (unpaired) electrons. The van der Waals surface area contributed by atoms with Gasteiger partial charge in [-0.2, -0.15) is 0 Å². The van der Waals surface area contributed by atoms with Crippen LogP contribution in [0.3, 0.4) is 0 Å². The zero-order valence-electron chi connectivity index (χ0n) is 12.2. The first kappa shape index (κ1) is 15.0. The number of aryl methyl sites for hydroxylation is 1. The fourth-order valence-corrected chi connectivity index (χ4v) is 2.99. The Morgan fingerprint density at radius 1 is 1.10 bits per heavy atom. The van der Waals surface area contributed by atoms with Crippen LogP contribution in [-0.2, 0) is 11.2 Å². The topological polar surface area (TPSA) is 55.1 Å². The fraction of sp³-hybridized carbons (Fsp3) is 0.588. The maximum atomic E-state index is 11.1. The Kier molecular flexibility index (Phi) is 6.06. The van der Waals surface area contributed by atoms with E-state index in [1.807, 2.05) is 0 Å². The molecule has 1 aliphatic rings. The monoisotopic (exact) mass is 274 g/mol. The first-order valence-corrected chi connectivity index (χ1v) is 7.82. The maximum absolute atomic E-state index is 11.1. The molecule has 0 heterocycles. The van der Waals surface area contributed by atoms with Gasteiger partial charge in [-0.15, -0.1) is 0 Å². The van der Waals surface area contributed by atoms with Gasteiger partial charge in [-0.1, -0.05) is 30.3 Å². The van der Waals surface area contributed by atoms with Gasteiger partial charge in [0.1, 0.15) is 0 Å². The third-order valence-corrected chi connectivity index (χ3v) is 4.30. The first-order chi connectivity index (χ1) is 9.75. The second-order valence-electron chi connectivity index (χ2n) is 5.85. The van der Waals surface area contributed by atoms with Gasteiger partial charge in [0.15, 0.2) is 0 Å². The Labute approximate surface area is 121 Å². The number of rotatable bonds is 7. The van der Waals surface area contributed by atoms with Crippen molar-refractivity contribution < 1.29 is 4.79 Å². The third-order valence-electron chi connectivity index (χ3n) is 4.30. The maximum Gasteiger partial charge on any atom is 0.220 e. The van der Waals surface area contributed by atoms with Crippen LogP contribution in [0.15, 0.2) is 30.3 Å². The van der Waals surface area contributed by atoms with Crippen molar-refractivity contribution in [1.29, 1.82) is 0 Å². The van der Waals surface area contributed by atoms with Crippen LogP contribution in [-0.4, -0.2) is 18.5 Å². The fourth-order valence-electron chi connectivity index (χ4n) is 2.99. The van der Waals surface area contributed by atoms with Crippen LogP contribution >= 0.6 is 0 Å². The molecule has 1 aliphatic carbocycles. The van der Waals surface area contributed by atoms with Crippen molar-refractivity contribution in [3.8, 4) is 0 Å². The summed E-state index contributed by atoms with van der Waals surface area (Å²) in [6.45, 7) is 1.08. The van der Waals surface area contributed by atoms with Crippen molar-refractivity contribution in [1.82, 2.24) is 5.32 Å². The Hall–Kier alpha value is -1.35. The number of amides is 1. The molecule has 3 heteroatoms. The van der Waals surface area contributed by atoms with Crippen molar-refractivity contribution in [2.75, 3.05) is 6.54 Å². The molecule has 0 spiro atoms. The summed E-state index contributed by atoms with van der Waals surface area (Å²) < 4.78 is 0. The standard InChI is InChI=1S/C17H26N2O/c18-17(20)15-9-11-16(12-10-15)19-13-5-4-8-14-6-2-1-3-7-14/h1-3,6-7,15-16,19H,4-5,8-13H2,(H2,18,20). The van der Waals surface area contributed by atoms with Crippen LogP contribution in [0.25, 0.3) is 0 Å². The van der Waals surface area contributed by atoms with Crippen LogP contribution < -0.4 is 11.1 Å². The number of nitrogens with one attached hydrogen (secondary N) is 1. The summed E-state index contributed by atoms with van der Waals surface area (Å²) in [5, 5.41) is 3.62. The van der Waals surface area contributed by atoms with Crippen molar-refractivity contribution in [2.45, 2.75) is 51.0 Å². The second-order valence-corrected chi connectivity index (χ2v) is 5.85. The lowest BCUT2D eigenvalue weighted by atomic mass is 9.85. The highest BCUT2D eigenvalue weighted by molar-refractivity contribution is 5.76. The number of primary amides is 1. The summed E-state index contributed by atoms with van der Waals surface area (Å²) in [5.74, 6) is -0.00237. The Balaban J connectivity index is 1.53. The lowest BCUT2D eigenvalue weighted by molar-refractivity contribution is -0.122. The van der Waals surface area contributed by atoms with Crippen LogP contribution in [0.1, 0.15) is 44.1 Å². The SMILES string of the molecule is NC(=O)C1CCC(NCCCCc2ccccc2)CC1. The summed E-state index contributed by atoms with van der Waals surface area (Å²) >= 11 is 0. The van der Waals surface area contributed by atoms with Gasteiger partial charge in [-0.3, -0.25) is 4.79 Å². The van der Waals surface area contributed by atoms with Crippen molar-refractivity contribution in [2.24, 2.45) is 11.7 Å². The molecule has 2 rings (SSSR count). The van der Waals surface area contributed by atoms with E-state index in [-0.39, 0.29) is 11.8 Å². The van der Waals surface area contributed by atoms with Gasteiger partial charge in [0.25, 0.3) is 0 Å². The smallest absolute Gasteiger partial charge is 0.220 e. The number of carbonyl (C=O) groups excluding carboxylic acids is 1. The zero-order valence-corrected chi connectivity index (χ0v) is 12.2. The molecule has 0 aromatic heterocycles. The molecule has 0 aliphatic heterocycles. The van der Waals surface area contributed by atoms with Gasteiger partial charge in [0.05, 0.1) is 0 Å². The molecule has 0 unspecified atom stereocenters. The number of hydrogen-bond acceptors (Lipinski definition) is 2. The van der Waals surface area contributed by atoms with Crippen molar-refractivity contribution >= 4 is 5.91 Å². The van der Waals surface area contributed by atoms with Crippen LogP contribution in [0.4, 0.5) is 0 Å². The molecule has 0 saturated heterocycles. The van der Waals surface area contributed by atoms with Gasteiger partial charge >= 0.3 is 0 Å². The Morgan fingerprint density at radius 3 is 2.45 bits per heavy atom. The molecule has 110 valence electrons. The van der Waals surface area contributed by atoms with Gasteiger partial charge in [0.2, 0.25) is 5.91 Å². The van der Waals surface area contributed by atoms with Crippen LogP contribution in [0, 0.1) is 5.92 Å². The van der Waals surface area contributed by atoms with E-state index < -0.39 is 0 Å². The molecule has 20 heavy (non-hydrogen) atoms. The molecule has 3 N–H and O–H groups in total. The lowest BCUT2D eigenvalue weighted by Crippen LogP contribution is -2.37. The minimum Gasteiger partial charge on any atom is -0.369 e. The lowest BCUT2D eigenvalue weighted by Gasteiger charge is -2.27. The van der Waals surface area contributed by atoms with E-state index in [1.54, 1.807) is 0 Å². The highest BCUT2D eigenvalue weighted by Crippen LogP contribution is 2.23. The second kappa shape index (κ2) is 8.05. The summed E-state index contributed by atoms with van der Waals surface area (Å²) in [4.78, 5) is 11.1. The van der Waals surface area contributed by atoms with Gasteiger partial charge in [-0.25, -0.2) is 0 Å². The quantitative estimate of drug-likeness (QED) is 0.751. The predicted octanol–water partition coefficient (Wildman–Crippen LogP) is 2.64. The molecule has 1 amide bonds. The number of unbranched alkanes of at least 4 members (excludes halogenated alkanes) is 1. The number of nitrogens with two attached hydrogens (primary N) is 1. The normalized spacial score (nSPS) is 22.6. The summed E-state index contributed by atoms with van der Waals surface area (Å²) in [6.07, 6.45) is 7.70. The van der Waals surface area contributed by atoms with Crippen molar-refractivity contribution in [3.63, 3.8) is 0 Å². The predicted molar refractivity (Wildman–Crippen MR) is 82.3 cm³/mol. The van der Waals surface area contributed by atoms with Gasteiger partial charge in [-0.05, 0) is 57.1 Å². The van der Waals surface area contributed by atoms with E-state index in [0.29, 0.717) is 6.04 Å². The zero-order chi connectivity index (χ0) is 14.2. The number of benzene rings is 1. The molecule has 0 atom stereocenters. The Bertz CT molecular complexity index is 397. The van der Waals surface area contributed by atoms with Crippen molar-refractivity contribution in [3.05, 3.63) is 35.9 Å². The minimum atomic E-state index is -0.119. The first-order valence-electron chi connectivity index (χ1n) is 7.82. The van der Waals surface area contributed by atoms with Crippen LogP contribution in [0.2, 0.25) is 0 Å². The average Bonchev–Trinajstić information content (AvgIpc) is 2.48. The van der Waals surface area contributed by atoms with Gasteiger partial charge < -0.3 is 11.1 Å². The molecule has 1 saturated carbocycles. The molecular formula is C17H26N2O.